The highest BCUT2D eigenvalue weighted by Gasteiger charge is 2.35. The Morgan fingerprint density at radius 3 is 2.65 bits per heavy atom. The number of benzene rings is 2. The summed E-state index contributed by atoms with van der Waals surface area (Å²) >= 11 is 12.0. The number of carbonyl (C=O) groups is 2. The van der Waals surface area contributed by atoms with Crippen LogP contribution in [0.2, 0.25) is 10.0 Å². The van der Waals surface area contributed by atoms with Crippen molar-refractivity contribution in [2.45, 2.75) is 25.5 Å². The van der Waals surface area contributed by atoms with E-state index in [1.807, 2.05) is 30.3 Å². The van der Waals surface area contributed by atoms with Gasteiger partial charge in [0.15, 0.2) is 0 Å². The Morgan fingerprint density at radius 1 is 1.15 bits per heavy atom. The van der Waals surface area contributed by atoms with E-state index in [1.165, 1.54) is 4.90 Å². The summed E-state index contributed by atoms with van der Waals surface area (Å²) in [7, 11) is 0. The number of rotatable bonds is 4. The van der Waals surface area contributed by atoms with E-state index in [1.54, 1.807) is 18.2 Å². The summed E-state index contributed by atoms with van der Waals surface area (Å²) in [5.74, 6) is -0.289. The van der Waals surface area contributed by atoms with E-state index in [0.717, 1.165) is 12.0 Å². The first-order valence-corrected chi connectivity index (χ1v) is 9.03. The largest absolute Gasteiger partial charge is 0.445 e. The molecule has 0 aliphatic carbocycles. The fraction of sp³-hybridized carbons (Fsp3) is 0.263. The number of likely N-dealkylation sites (tertiary alicyclic amines) is 1. The second-order valence-electron chi connectivity index (χ2n) is 6.01. The zero-order valence-corrected chi connectivity index (χ0v) is 15.5. The van der Waals surface area contributed by atoms with E-state index in [9.17, 15) is 9.59 Å². The van der Waals surface area contributed by atoms with Crippen molar-refractivity contribution in [3.63, 3.8) is 0 Å². The molecule has 1 aliphatic rings. The molecule has 0 bridgehead atoms. The molecule has 0 saturated carbocycles. The Hall–Kier alpha value is -2.24. The lowest BCUT2D eigenvalue weighted by atomic mass is 10.2. The molecule has 1 aliphatic heterocycles. The molecular weight excluding hydrogens is 375 g/mol. The van der Waals surface area contributed by atoms with E-state index < -0.39 is 12.1 Å². The molecule has 1 heterocycles. The number of hydrogen-bond acceptors (Lipinski definition) is 3. The van der Waals surface area contributed by atoms with Gasteiger partial charge in [0.05, 0.1) is 10.7 Å². The van der Waals surface area contributed by atoms with Crippen molar-refractivity contribution >= 4 is 40.9 Å². The number of nitrogens with zero attached hydrogens (tertiary/aromatic N) is 1. The Morgan fingerprint density at radius 2 is 1.92 bits per heavy atom. The molecule has 136 valence electrons. The zero-order chi connectivity index (χ0) is 18.5. The van der Waals surface area contributed by atoms with Gasteiger partial charge in [-0.25, -0.2) is 4.79 Å². The molecule has 2 aromatic carbocycles. The first-order chi connectivity index (χ1) is 12.5. The van der Waals surface area contributed by atoms with Crippen LogP contribution in [-0.2, 0) is 16.1 Å². The van der Waals surface area contributed by atoms with Crippen LogP contribution in [0.4, 0.5) is 10.5 Å². The maximum Gasteiger partial charge on any atom is 0.410 e. The molecule has 0 radical (unpaired) electrons. The summed E-state index contributed by atoms with van der Waals surface area (Å²) < 4.78 is 5.35. The van der Waals surface area contributed by atoms with Gasteiger partial charge < -0.3 is 10.1 Å². The lowest BCUT2D eigenvalue weighted by Crippen LogP contribution is -2.43. The van der Waals surface area contributed by atoms with Crippen molar-refractivity contribution in [2.24, 2.45) is 0 Å². The van der Waals surface area contributed by atoms with E-state index in [2.05, 4.69) is 5.32 Å². The van der Waals surface area contributed by atoms with Gasteiger partial charge in [0.1, 0.15) is 12.6 Å². The quantitative estimate of drug-likeness (QED) is 0.817. The second-order valence-corrected chi connectivity index (χ2v) is 6.85. The Bertz CT molecular complexity index is 799. The SMILES string of the molecule is O=C(Nc1ccc(Cl)cc1Cl)C1CCCN1C(=O)OCc1ccccc1. The molecule has 1 fully saturated rings. The summed E-state index contributed by atoms with van der Waals surface area (Å²) in [4.78, 5) is 26.4. The predicted octanol–water partition coefficient (Wildman–Crippen LogP) is 4.73. The van der Waals surface area contributed by atoms with Crippen LogP contribution in [0.1, 0.15) is 18.4 Å². The molecule has 3 rings (SSSR count). The summed E-state index contributed by atoms with van der Waals surface area (Å²) in [6.45, 7) is 0.660. The standard InChI is InChI=1S/C19H18Cl2N2O3/c20-14-8-9-16(15(21)11-14)22-18(24)17-7-4-10-23(17)19(25)26-12-13-5-2-1-3-6-13/h1-3,5-6,8-9,11,17H,4,7,10,12H2,(H,22,24). The molecule has 1 saturated heterocycles. The highest BCUT2D eigenvalue weighted by molar-refractivity contribution is 6.36. The minimum Gasteiger partial charge on any atom is -0.445 e. The van der Waals surface area contributed by atoms with Gasteiger partial charge >= 0.3 is 6.09 Å². The predicted molar refractivity (Wildman–Crippen MR) is 101 cm³/mol. The van der Waals surface area contributed by atoms with Gasteiger partial charge in [-0.15, -0.1) is 0 Å². The van der Waals surface area contributed by atoms with E-state index in [4.69, 9.17) is 27.9 Å². The minimum atomic E-state index is -0.579. The molecule has 7 heteroatoms. The third-order valence-corrected chi connectivity index (χ3v) is 4.73. The van der Waals surface area contributed by atoms with Crippen molar-refractivity contribution in [1.29, 1.82) is 0 Å². The molecule has 5 nitrogen and oxygen atoms in total. The molecule has 2 amide bonds. The highest BCUT2D eigenvalue weighted by atomic mass is 35.5. The van der Waals surface area contributed by atoms with Crippen LogP contribution in [0.25, 0.3) is 0 Å². The molecule has 0 aromatic heterocycles. The van der Waals surface area contributed by atoms with Gasteiger partial charge in [-0.3, -0.25) is 9.69 Å². The van der Waals surface area contributed by atoms with Crippen molar-refractivity contribution in [1.82, 2.24) is 4.90 Å². The van der Waals surface area contributed by atoms with Crippen molar-refractivity contribution in [2.75, 3.05) is 11.9 Å². The van der Waals surface area contributed by atoms with Crippen LogP contribution < -0.4 is 5.32 Å². The molecule has 2 aromatic rings. The molecule has 0 spiro atoms. The number of halogens is 2. The van der Waals surface area contributed by atoms with Gasteiger partial charge in [0.25, 0.3) is 0 Å². The average Bonchev–Trinajstić information content (AvgIpc) is 3.13. The Kier molecular flexibility index (Phi) is 6.01. The molecule has 26 heavy (non-hydrogen) atoms. The van der Waals surface area contributed by atoms with Crippen molar-refractivity contribution < 1.29 is 14.3 Å². The van der Waals surface area contributed by atoms with Crippen LogP contribution >= 0.6 is 23.2 Å². The topological polar surface area (TPSA) is 58.6 Å². The first-order valence-electron chi connectivity index (χ1n) is 8.28. The molecular formula is C19H18Cl2N2O3. The Labute approximate surface area is 161 Å². The number of hydrogen-bond donors (Lipinski definition) is 1. The lowest BCUT2D eigenvalue weighted by Gasteiger charge is -2.23. The van der Waals surface area contributed by atoms with Gasteiger partial charge in [0.2, 0.25) is 5.91 Å². The zero-order valence-electron chi connectivity index (χ0n) is 14.0. The third-order valence-electron chi connectivity index (χ3n) is 4.18. The maximum absolute atomic E-state index is 12.6. The third kappa shape index (κ3) is 4.48. The average molecular weight is 393 g/mol. The van der Waals surface area contributed by atoms with E-state index in [0.29, 0.717) is 28.7 Å². The van der Waals surface area contributed by atoms with Gasteiger partial charge in [-0.05, 0) is 36.6 Å². The van der Waals surface area contributed by atoms with Gasteiger partial charge in [-0.1, -0.05) is 53.5 Å². The molecule has 1 atom stereocenters. The minimum absolute atomic E-state index is 0.174. The monoisotopic (exact) mass is 392 g/mol. The first kappa shape index (κ1) is 18.5. The van der Waals surface area contributed by atoms with Crippen LogP contribution in [0.15, 0.2) is 48.5 Å². The number of anilines is 1. The normalized spacial score (nSPS) is 16.4. The maximum atomic E-state index is 12.6. The molecule has 1 N–H and O–H groups in total. The van der Waals surface area contributed by atoms with Crippen LogP contribution in [0.5, 0.6) is 0 Å². The Balaban J connectivity index is 1.61. The number of ether oxygens (including phenoxy) is 1. The number of amides is 2. The summed E-state index contributed by atoms with van der Waals surface area (Å²) in [6.07, 6.45) is 0.832. The van der Waals surface area contributed by atoms with E-state index in [-0.39, 0.29) is 12.5 Å². The lowest BCUT2D eigenvalue weighted by molar-refractivity contribution is -0.120. The van der Waals surface area contributed by atoms with Gasteiger partial charge in [0, 0.05) is 11.6 Å². The van der Waals surface area contributed by atoms with Crippen LogP contribution in [-0.4, -0.2) is 29.5 Å². The van der Waals surface area contributed by atoms with Crippen LogP contribution in [0, 0.1) is 0 Å². The van der Waals surface area contributed by atoms with Crippen molar-refractivity contribution in [3.8, 4) is 0 Å². The smallest absolute Gasteiger partial charge is 0.410 e. The van der Waals surface area contributed by atoms with E-state index >= 15 is 0 Å². The number of nitrogens with one attached hydrogen (secondary N) is 1. The number of carbonyl (C=O) groups excluding carboxylic acids is 2. The van der Waals surface area contributed by atoms with Crippen LogP contribution in [0.3, 0.4) is 0 Å². The fourth-order valence-electron chi connectivity index (χ4n) is 2.87. The highest BCUT2D eigenvalue weighted by Crippen LogP contribution is 2.27. The summed E-state index contributed by atoms with van der Waals surface area (Å²) in [5.41, 5.74) is 1.36. The van der Waals surface area contributed by atoms with Gasteiger partial charge in [-0.2, -0.15) is 0 Å². The fourth-order valence-corrected chi connectivity index (χ4v) is 3.32. The second kappa shape index (κ2) is 8.43. The summed E-state index contributed by atoms with van der Waals surface area (Å²) in [6, 6.07) is 13.7. The summed E-state index contributed by atoms with van der Waals surface area (Å²) in [5, 5.41) is 3.59. The molecule has 1 unspecified atom stereocenters. The van der Waals surface area contributed by atoms with Crippen molar-refractivity contribution in [3.05, 3.63) is 64.1 Å².